The van der Waals surface area contributed by atoms with Crippen molar-refractivity contribution in [1.82, 2.24) is 9.55 Å². The lowest BCUT2D eigenvalue weighted by Crippen LogP contribution is -2.13. The fraction of sp³-hybridized carbons (Fsp3) is 0.217. The Hall–Kier alpha value is -3.34. The summed E-state index contributed by atoms with van der Waals surface area (Å²) < 4.78 is 1.83. The molecule has 1 aliphatic heterocycles. The second-order valence-electron chi connectivity index (χ2n) is 7.17. The average Bonchev–Trinajstić information content (AvgIpc) is 3.31. The molecule has 5 nitrogen and oxygen atoms in total. The molecular formula is C23H23N3O2. The van der Waals surface area contributed by atoms with Crippen molar-refractivity contribution in [2.45, 2.75) is 33.7 Å². The van der Waals surface area contributed by atoms with Gasteiger partial charge < -0.3 is 14.7 Å². The van der Waals surface area contributed by atoms with Crippen molar-refractivity contribution in [3.05, 3.63) is 76.4 Å². The van der Waals surface area contributed by atoms with Gasteiger partial charge in [-0.1, -0.05) is 25.1 Å². The Labute approximate surface area is 163 Å². The summed E-state index contributed by atoms with van der Waals surface area (Å²) in [4.78, 5) is 19.7. The summed E-state index contributed by atoms with van der Waals surface area (Å²) in [6.45, 7) is 6.14. The van der Waals surface area contributed by atoms with E-state index in [1.54, 1.807) is 0 Å². The molecule has 4 rings (SSSR count). The van der Waals surface area contributed by atoms with E-state index in [1.807, 2.05) is 41.8 Å². The number of fused-ring (bicyclic) bond motifs is 1. The molecule has 0 spiro atoms. The third-order valence-corrected chi connectivity index (χ3v) is 5.10. The first kappa shape index (κ1) is 18.0. The predicted molar refractivity (Wildman–Crippen MR) is 113 cm³/mol. The van der Waals surface area contributed by atoms with Crippen molar-refractivity contribution in [2.24, 2.45) is 4.99 Å². The second kappa shape index (κ2) is 7.00. The van der Waals surface area contributed by atoms with E-state index in [-0.39, 0.29) is 6.54 Å². The van der Waals surface area contributed by atoms with Gasteiger partial charge in [-0.3, -0.25) is 4.79 Å². The Morgan fingerprint density at radius 2 is 2.04 bits per heavy atom. The fourth-order valence-corrected chi connectivity index (χ4v) is 3.78. The molecule has 0 amide bonds. The summed E-state index contributed by atoms with van der Waals surface area (Å²) in [7, 11) is 0. The molecule has 142 valence electrons. The van der Waals surface area contributed by atoms with E-state index in [0.717, 1.165) is 51.4 Å². The van der Waals surface area contributed by atoms with Gasteiger partial charge in [-0.25, -0.2) is 4.99 Å². The zero-order valence-corrected chi connectivity index (χ0v) is 16.3. The number of aliphatic imine (C=N–C) groups is 1. The highest BCUT2D eigenvalue weighted by atomic mass is 16.4. The van der Waals surface area contributed by atoms with Crippen LogP contribution in [-0.4, -0.2) is 26.3 Å². The van der Waals surface area contributed by atoms with Crippen LogP contribution in [-0.2, 0) is 11.3 Å². The highest BCUT2D eigenvalue weighted by Gasteiger charge is 2.20. The van der Waals surface area contributed by atoms with E-state index >= 15 is 0 Å². The van der Waals surface area contributed by atoms with Crippen molar-refractivity contribution < 1.29 is 9.90 Å². The number of hydrogen-bond donors (Lipinski definition) is 2. The number of rotatable bonds is 5. The van der Waals surface area contributed by atoms with Crippen LogP contribution in [0.1, 0.15) is 36.0 Å². The molecule has 0 saturated carbocycles. The van der Waals surface area contributed by atoms with Crippen LogP contribution in [0, 0.1) is 13.8 Å². The standard InChI is InChI=1S/C23H23N3O2/c1-4-16-10-20(25-19(16)12-18-14(2)9-15(3)24-18)22-11-17-7-5-6-8-21(17)26(22)13-23(27)28/h5-12,24H,4,13H2,1-3H3,(H,27,28). The van der Waals surface area contributed by atoms with E-state index in [1.165, 1.54) is 5.56 Å². The molecule has 1 aromatic carbocycles. The van der Waals surface area contributed by atoms with Crippen LogP contribution in [0.15, 0.2) is 58.7 Å². The summed E-state index contributed by atoms with van der Waals surface area (Å²) in [5.41, 5.74) is 7.98. The van der Waals surface area contributed by atoms with E-state index in [9.17, 15) is 9.90 Å². The van der Waals surface area contributed by atoms with E-state index in [2.05, 4.69) is 37.0 Å². The third-order valence-electron chi connectivity index (χ3n) is 5.10. The lowest BCUT2D eigenvalue weighted by atomic mass is 10.1. The first-order valence-electron chi connectivity index (χ1n) is 9.44. The summed E-state index contributed by atoms with van der Waals surface area (Å²) >= 11 is 0. The van der Waals surface area contributed by atoms with Crippen molar-refractivity contribution in [3.63, 3.8) is 0 Å². The molecule has 0 radical (unpaired) electrons. The molecule has 2 N–H and O–H groups in total. The van der Waals surface area contributed by atoms with Crippen molar-refractivity contribution >= 4 is 28.7 Å². The number of carboxylic acids is 1. The van der Waals surface area contributed by atoms with Crippen LogP contribution in [0.2, 0.25) is 0 Å². The van der Waals surface area contributed by atoms with Gasteiger partial charge in [0, 0.05) is 22.3 Å². The first-order chi connectivity index (χ1) is 13.5. The Morgan fingerprint density at radius 1 is 1.25 bits per heavy atom. The molecule has 3 heterocycles. The minimum Gasteiger partial charge on any atom is -0.480 e. The van der Waals surface area contributed by atoms with Gasteiger partial charge in [-0.05, 0) is 61.8 Å². The normalized spacial score (nSPS) is 15.3. The SMILES string of the molecule is CCC1=CC(c2cc3ccccc3n2CC(=O)O)=NC1=Cc1[nH]c(C)cc1C. The molecule has 0 bridgehead atoms. The summed E-state index contributed by atoms with van der Waals surface area (Å²) in [6.07, 6.45) is 5.01. The molecule has 5 heteroatoms. The van der Waals surface area contributed by atoms with E-state index in [0.29, 0.717) is 0 Å². The largest absolute Gasteiger partial charge is 0.480 e. The number of aryl methyl sites for hydroxylation is 2. The highest BCUT2D eigenvalue weighted by molar-refractivity contribution is 6.13. The number of H-pyrrole nitrogens is 1. The quantitative estimate of drug-likeness (QED) is 0.671. The molecule has 0 atom stereocenters. The number of carboxylic acid groups (broad SMARTS) is 1. The third kappa shape index (κ3) is 3.20. The van der Waals surface area contributed by atoms with E-state index in [4.69, 9.17) is 4.99 Å². The molecule has 0 aliphatic carbocycles. The van der Waals surface area contributed by atoms with Gasteiger partial charge in [0.25, 0.3) is 0 Å². The predicted octanol–water partition coefficient (Wildman–Crippen LogP) is 4.85. The Balaban J connectivity index is 1.84. The zero-order valence-electron chi connectivity index (χ0n) is 16.3. The first-order valence-corrected chi connectivity index (χ1v) is 9.44. The van der Waals surface area contributed by atoms with Gasteiger partial charge in [0.15, 0.2) is 0 Å². The van der Waals surface area contributed by atoms with Gasteiger partial charge in [0.2, 0.25) is 0 Å². The van der Waals surface area contributed by atoms with E-state index < -0.39 is 5.97 Å². The second-order valence-corrected chi connectivity index (χ2v) is 7.17. The average molecular weight is 373 g/mol. The molecule has 2 aromatic heterocycles. The molecular weight excluding hydrogens is 350 g/mol. The van der Waals surface area contributed by atoms with Gasteiger partial charge in [-0.15, -0.1) is 0 Å². The van der Waals surface area contributed by atoms with Crippen LogP contribution >= 0.6 is 0 Å². The lowest BCUT2D eigenvalue weighted by Gasteiger charge is -2.07. The fourth-order valence-electron chi connectivity index (χ4n) is 3.78. The number of aromatic nitrogens is 2. The molecule has 0 unspecified atom stereocenters. The number of benzene rings is 1. The minimum atomic E-state index is -0.867. The Bertz CT molecular complexity index is 1170. The number of para-hydroxylation sites is 1. The number of carbonyl (C=O) groups is 1. The van der Waals surface area contributed by atoms with Gasteiger partial charge in [0.1, 0.15) is 6.54 Å². The monoisotopic (exact) mass is 373 g/mol. The molecule has 0 fully saturated rings. The van der Waals surface area contributed by atoms with Gasteiger partial charge in [-0.2, -0.15) is 0 Å². The minimum absolute atomic E-state index is 0.0921. The maximum Gasteiger partial charge on any atom is 0.323 e. The van der Waals surface area contributed by atoms with Crippen LogP contribution in [0.3, 0.4) is 0 Å². The van der Waals surface area contributed by atoms with Crippen LogP contribution in [0.5, 0.6) is 0 Å². The van der Waals surface area contributed by atoms with Crippen molar-refractivity contribution in [2.75, 3.05) is 0 Å². The molecule has 28 heavy (non-hydrogen) atoms. The molecule has 1 aliphatic rings. The molecule has 3 aromatic rings. The highest BCUT2D eigenvalue weighted by Crippen LogP contribution is 2.30. The number of aromatic amines is 1. The number of nitrogens with one attached hydrogen (secondary N) is 1. The Kier molecular flexibility index (Phi) is 4.51. The molecule has 0 saturated heterocycles. The lowest BCUT2D eigenvalue weighted by molar-refractivity contribution is -0.137. The smallest absolute Gasteiger partial charge is 0.323 e. The number of nitrogens with zero attached hydrogens (tertiary/aromatic N) is 2. The topological polar surface area (TPSA) is 70.4 Å². The summed E-state index contributed by atoms with van der Waals surface area (Å²) in [5.74, 6) is -0.867. The number of aliphatic carboxylic acids is 1. The van der Waals surface area contributed by atoms with Crippen LogP contribution in [0.25, 0.3) is 17.0 Å². The van der Waals surface area contributed by atoms with Crippen molar-refractivity contribution in [1.29, 1.82) is 0 Å². The summed E-state index contributed by atoms with van der Waals surface area (Å²) in [5, 5.41) is 10.4. The van der Waals surface area contributed by atoms with Gasteiger partial charge >= 0.3 is 5.97 Å². The maximum absolute atomic E-state index is 11.5. The Morgan fingerprint density at radius 3 is 2.71 bits per heavy atom. The van der Waals surface area contributed by atoms with Gasteiger partial charge in [0.05, 0.1) is 17.1 Å². The van der Waals surface area contributed by atoms with Crippen LogP contribution in [0.4, 0.5) is 0 Å². The number of allylic oxidation sites excluding steroid dienone is 2. The zero-order chi connectivity index (χ0) is 19.8. The van der Waals surface area contributed by atoms with Crippen molar-refractivity contribution in [3.8, 4) is 0 Å². The number of hydrogen-bond acceptors (Lipinski definition) is 2. The summed E-state index contributed by atoms with van der Waals surface area (Å²) in [6, 6.07) is 12.0. The maximum atomic E-state index is 11.5. The van der Waals surface area contributed by atoms with Crippen LogP contribution < -0.4 is 0 Å².